The quantitative estimate of drug-likeness (QED) is 0.389. The number of nitrogens with zero attached hydrogens (tertiary/aromatic N) is 4. The van der Waals surface area contributed by atoms with E-state index in [2.05, 4.69) is 10.1 Å². The van der Waals surface area contributed by atoms with Gasteiger partial charge in [0.2, 0.25) is 11.8 Å². The second-order valence-electron chi connectivity index (χ2n) is 10.2. The van der Waals surface area contributed by atoms with Crippen LogP contribution in [0.2, 0.25) is 0 Å². The van der Waals surface area contributed by atoms with Gasteiger partial charge in [0.15, 0.2) is 16.0 Å². The molecule has 1 aliphatic heterocycles. The smallest absolute Gasteiger partial charge is 0.254 e. The van der Waals surface area contributed by atoms with Crippen molar-refractivity contribution in [3.05, 3.63) is 60.0 Å². The minimum absolute atomic E-state index is 0.0480. The fourth-order valence-electron chi connectivity index (χ4n) is 4.44. The van der Waals surface area contributed by atoms with Crippen molar-refractivity contribution >= 4 is 21.7 Å². The average Bonchev–Trinajstić information content (AvgIpc) is 3.60. The number of piperidine rings is 1. The summed E-state index contributed by atoms with van der Waals surface area (Å²) in [6.45, 7) is 0.145. The van der Waals surface area contributed by atoms with Crippen LogP contribution in [0.15, 0.2) is 48.9 Å². The monoisotopic (exact) mass is 571 g/mol. The molecule has 0 unspecified atom stereocenters. The third-order valence-electron chi connectivity index (χ3n) is 6.65. The molecule has 1 saturated carbocycles. The number of carbonyl (C=O) groups is 2. The van der Waals surface area contributed by atoms with Crippen LogP contribution in [0.3, 0.4) is 0 Å². The van der Waals surface area contributed by atoms with Gasteiger partial charge >= 0.3 is 0 Å². The number of carbonyl (C=O) groups excluding carboxylic acids is 2. The largest absolute Gasteiger partial charge is 0.490 e. The zero-order valence-corrected chi connectivity index (χ0v) is 22.7. The van der Waals surface area contributed by atoms with E-state index in [-0.39, 0.29) is 49.2 Å². The number of aromatic nitrogens is 3. The van der Waals surface area contributed by atoms with Crippen LogP contribution < -0.4 is 15.2 Å². The van der Waals surface area contributed by atoms with E-state index in [1.54, 1.807) is 0 Å². The fraction of sp³-hybridized carbons (Fsp3) is 0.407. The number of ether oxygens (including phenoxy) is 2. The lowest BCUT2D eigenvalue weighted by Crippen LogP contribution is -2.49. The molecule has 2 atom stereocenters. The minimum Gasteiger partial charge on any atom is -0.490 e. The molecular formula is C27H30FN5O6S. The molecule has 40 heavy (non-hydrogen) atoms. The first kappa shape index (κ1) is 27.6. The number of hydrogen-bond donors (Lipinski definition) is 1. The van der Waals surface area contributed by atoms with Crippen LogP contribution in [0.25, 0.3) is 11.1 Å². The molecule has 1 saturated heterocycles. The maximum absolute atomic E-state index is 15.1. The van der Waals surface area contributed by atoms with Gasteiger partial charge in [-0.25, -0.2) is 17.8 Å². The lowest BCUT2D eigenvalue weighted by Gasteiger charge is -2.34. The summed E-state index contributed by atoms with van der Waals surface area (Å²) in [5, 5.41) is 4.02. The van der Waals surface area contributed by atoms with Gasteiger partial charge in [0.1, 0.15) is 23.3 Å². The summed E-state index contributed by atoms with van der Waals surface area (Å²) in [5.74, 6) is -0.635. The molecule has 5 rings (SSSR count). The van der Waals surface area contributed by atoms with Crippen LogP contribution in [0.1, 0.15) is 35.2 Å². The van der Waals surface area contributed by atoms with Crippen LogP contribution in [0, 0.1) is 0 Å². The first-order valence-electron chi connectivity index (χ1n) is 12.9. The minimum atomic E-state index is -3.30. The number of nitrogens with two attached hydrogens (primary N) is 1. The third-order valence-corrected chi connectivity index (χ3v) is 7.39. The summed E-state index contributed by atoms with van der Waals surface area (Å²) < 4.78 is 50.9. The number of benzene rings is 1. The Bertz CT molecular complexity index is 1510. The Morgan fingerprint density at radius 2 is 1.85 bits per heavy atom. The van der Waals surface area contributed by atoms with Gasteiger partial charge in [-0.3, -0.25) is 14.3 Å². The number of alkyl halides is 1. The van der Waals surface area contributed by atoms with Gasteiger partial charge in [-0.15, -0.1) is 0 Å². The molecule has 3 aromatic rings. The van der Waals surface area contributed by atoms with Crippen molar-refractivity contribution in [3.63, 3.8) is 0 Å². The normalized spacial score (nSPS) is 19.3. The summed E-state index contributed by atoms with van der Waals surface area (Å²) in [5.41, 5.74) is 7.30. The Labute approximate surface area is 231 Å². The Balaban J connectivity index is 1.20. The Hall–Kier alpha value is -4.00. The Morgan fingerprint density at radius 3 is 2.50 bits per heavy atom. The van der Waals surface area contributed by atoms with Gasteiger partial charge in [0.05, 0.1) is 25.3 Å². The molecule has 3 heterocycles. The number of hydrogen-bond acceptors (Lipinski definition) is 8. The van der Waals surface area contributed by atoms with Crippen LogP contribution in [0.4, 0.5) is 4.39 Å². The van der Waals surface area contributed by atoms with Gasteiger partial charge in [-0.1, -0.05) is 12.1 Å². The van der Waals surface area contributed by atoms with Crippen molar-refractivity contribution in [2.24, 2.45) is 5.73 Å². The molecule has 2 aliphatic rings. The zero-order chi connectivity index (χ0) is 28.4. The molecule has 13 heteroatoms. The van der Waals surface area contributed by atoms with Crippen LogP contribution in [0.5, 0.6) is 11.6 Å². The first-order valence-corrected chi connectivity index (χ1v) is 14.9. The van der Waals surface area contributed by atoms with Crippen LogP contribution in [-0.4, -0.2) is 77.6 Å². The molecule has 2 aromatic heterocycles. The lowest BCUT2D eigenvalue weighted by atomic mass is 10.0. The number of likely N-dealkylation sites (tertiary alicyclic amines) is 1. The van der Waals surface area contributed by atoms with Gasteiger partial charge in [-0.2, -0.15) is 5.10 Å². The van der Waals surface area contributed by atoms with E-state index in [0.717, 1.165) is 30.4 Å². The zero-order valence-electron chi connectivity index (χ0n) is 21.9. The number of halogens is 1. The van der Waals surface area contributed by atoms with E-state index in [1.807, 2.05) is 24.3 Å². The second kappa shape index (κ2) is 11.2. The topological polar surface area (TPSA) is 147 Å². The molecule has 0 bridgehead atoms. The van der Waals surface area contributed by atoms with Gasteiger partial charge in [0, 0.05) is 42.7 Å². The fourth-order valence-corrected chi connectivity index (χ4v) is 5.06. The van der Waals surface area contributed by atoms with E-state index >= 15 is 4.39 Å². The second-order valence-corrected chi connectivity index (χ2v) is 12.3. The number of amides is 2. The highest BCUT2D eigenvalue weighted by Gasteiger charge is 2.34. The Kier molecular flexibility index (Phi) is 7.74. The van der Waals surface area contributed by atoms with E-state index in [0.29, 0.717) is 17.2 Å². The van der Waals surface area contributed by atoms with Gasteiger partial charge in [-0.05, 0) is 36.6 Å². The first-order chi connectivity index (χ1) is 19.0. The highest BCUT2D eigenvalue weighted by molar-refractivity contribution is 7.89. The third kappa shape index (κ3) is 6.95. The highest BCUT2D eigenvalue weighted by Crippen LogP contribution is 2.28. The van der Waals surface area contributed by atoms with E-state index < -0.39 is 28.0 Å². The molecule has 1 aromatic carbocycles. The number of pyridine rings is 1. The Morgan fingerprint density at radius 1 is 1.10 bits per heavy atom. The molecule has 2 N–H and O–H groups in total. The number of rotatable bonds is 10. The van der Waals surface area contributed by atoms with Crippen molar-refractivity contribution in [2.75, 3.05) is 19.3 Å². The molecule has 2 fully saturated rings. The van der Waals surface area contributed by atoms with Crippen molar-refractivity contribution in [2.45, 2.75) is 49.9 Å². The number of sulfone groups is 1. The van der Waals surface area contributed by atoms with Gasteiger partial charge in [0.25, 0.3) is 5.91 Å². The predicted molar refractivity (Wildman–Crippen MR) is 143 cm³/mol. The molecule has 0 radical (unpaired) electrons. The highest BCUT2D eigenvalue weighted by atomic mass is 32.2. The SMILES string of the molecule is CS(=O)(=O)Cn1cc(-c2cnc(O[C@H]3CCN(C(=O)Cc4ccc(OC5CC5)cc4)C[C@@H]3F)c(C(N)=O)c2)cn1. The lowest BCUT2D eigenvalue weighted by molar-refractivity contribution is -0.134. The summed E-state index contributed by atoms with van der Waals surface area (Å²) in [6, 6.07) is 8.81. The maximum Gasteiger partial charge on any atom is 0.254 e. The predicted octanol–water partition coefficient (Wildman–Crippen LogP) is 2.15. The van der Waals surface area contributed by atoms with Crippen molar-refractivity contribution in [1.29, 1.82) is 0 Å². The van der Waals surface area contributed by atoms with Crippen molar-refractivity contribution < 1.29 is 31.9 Å². The summed E-state index contributed by atoms with van der Waals surface area (Å²) >= 11 is 0. The van der Waals surface area contributed by atoms with Crippen LogP contribution in [-0.2, 0) is 26.9 Å². The summed E-state index contributed by atoms with van der Waals surface area (Å²) in [4.78, 5) is 30.6. The molecular weight excluding hydrogens is 541 g/mol. The number of primary amides is 1. The van der Waals surface area contributed by atoms with E-state index in [9.17, 15) is 18.0 Å². The molecule has 1 aliphatic carbocycles. The van der Waals surface area contributed by atoms with E-state index in [4.69, 9.17) is 15.2 Å². The standard InChI is InChI=1S/C27H30FN5O6S/c1-40(36,37)16-33-14-19(13-31-33)18-11-22(26(29)35)27(30-12-18)39-24-8-9-32(15-23(24)28)25(34)10-17-2-4-20(5-3-17)38-21-6-7-21/h2-5,11-14,21,23-24H,6-10,15-16H2,1H3,(H2,29,35)/t23-,24-/m0/s1. The average molecular weight is 572 g/mol. The molecule has 212 valence electrons. The molecule has 2 amide bonds. The van der Waals surface area contributed by atoms with Gasteiger partial charge < -0.3 is 20.1 Å². The van der Waals surface area contributed by atoms with Crippen molar-refractivity contribution in [3.8, 4) is 22.8 Å². The molecule has 11 nitrogen and oxygen atoms in total. The summed E-state index contributed by atoms with van der Waals surface area (Å²) in [7, 11) is -3.30. The van der Waals surface area contributed by atoms with Crippen LogP contribution >= 0.6 is 0 Å². The maximum atomic E-state index is 15.1. The summed E-state index contributed by atoms with van der Waals surface area (Å²) in [6.07, 6.45) is 5.82. The molecule has 0 spiro atoms. The van der Waals surface area contributed by atoms with Crippen molar-refractivity contribution in [1.82, 2.24) is 19.7 Å². The van der Waals surface area contributed by atoms with E-state index in [1.165, 1.54) is 34.2 Å².